The summed E-state index contributed by atoms with van der Waals surface area (Å²) in [5.74, 6) is 0.191. The molecule has 6 nitrogen and oxygen atoms in total. The van der Waals surface area contributed by atoms with E-state index < -0.39 is 10.0 Å². The zero-order valence-electron chi connectivity index (χ0n) is 12.4. The Morgan fingerprint density at radius 3 is 2.50 bits per heavy atom. The molecule has 0 spiro atoms. The second kappa shape index (κ2) is 6.10. The van der Waals surface area contributed by atoms with Crippen molar-refractivity contribution in [1.29, 1.82) is 0 Å². The molecule has 2 aromatic rings. The van der Waals surface area contributed by atoms with E-state index in [2.05, 4.69) is 25.8 Å². The van der Waals surface area contributed by atoms with E-state index in [-0.39, 0.29) is 15.7 Å². The summed E-state index contributed by atoms with van der Waals surface area (Å²) in [4.78, 5) is -0.0444. The molecular weight excluding hydrogens is 394 g/mol. The van der Waals surface area contributed by atoms with Crippen molar-refractivity contribution in [2.45, 2.75) is 18.7 Å². The number of rotatable bonds is 4. The first-order valence-electron chi connectivity index (χ1n) is 6.23. The predicted octanol–water partition coefficient (Wildman–Crippen LogP) is 3.26. The summed E-state index contributed by atoms with van der Waals surface area (Å²) in [6.45, 7) is 3.51. The van der Waals surface area contributed by atoms with Gasteiger partial charge in [0.1, 0.15) is 4.90 Å². The van der Waals surface area contributed by atoms with Gasteiger partial charge in [-0.15, -0.1) is 0 Å². The number of methoxy groups -OCH3 is 1. The van der Waals surface area contributed by atoms with Crippen LogP contribution < -0.4 is 9.46 Å². The van der Waals surface area contributed by atoms with Gasteiger partial charge in [0.05, 0.1) is 28.7 Å². The number of aryl methyl sites for hydroxylation is 2. The number of nitrogens with one attached hydrogen (secondary N) is 1. The van der Waals surface area contributed by atoms with Crippen molar-refractivity contribution in [2.24, 2.45) is 7.05 Å². The third-order valence-corrected chi connectivity index (χ3v) is 5.38. The smallest absolute Gasteiger partial charge is 0.265 e. The first-order chi connectivity index (χ1) is 10.2. The van der Waals surface area contributed by atoms with Crippen LogP contribution in [0.3, 0.4) is 0 Å². The fourth-order valence-electron chi connectivity index (χ4n) is 2.05. The molecule has 0 amide bonds. The molecule has 1 aromatic heterocycles. The maximum atomic E-state index is 12.7. The zero-order chi connectivity index (χ0) is 16.7. The number of halogens is 2. The molecular formula is C13H15BrClN3O3S. The Bertz CT molecular complexity index is 834. The minimum Gasteiger partial charge on any atom is -0.494 e. The van der Waals surface area contributed by atoms with Crippen molar-refractivity contribution in [3.63, 3.8) is 0 Å². The molecule has 0 unspecified atom stereocenters. The van der Waals surface area contributed by atoms with Crippen LogP contribution in [0.25, 0.3) is 0 Å². The predicted molar refractivity (Wildman–Crippen MR) is 89.2 cm³/mol. The molecule has 1 N–H and O–H groups in total. The molecule has 9 heteroatoms. The maximum Gasteiger partial charge on any atom is 0.265 e. The van der Waals surface area contributed by atoms with E-state index in [1.165, 1.54) is 13.2 Å². The van der Waals surface area contributed by atoms with Crippen LogP contribution in [0.2, 0.25) is 5.02 Å². The van der Waals surface area contributed by atoms with Crippen LogP contribution in [0.5, 0.6) is 5.75 Å². The van der Waals surface area contributed by atoms with Crippen LogP contribution in [0.1, 0.15) is 11.4 Å². The van der Waals surface area contributed by atoms with Crippen LogP contribution in [0.15, 0.2) is 21.5 Å². The van der Waals surface area contributed by atoms with E-state index in [0.717, 1.165) is 0 Å². The molecule has 0 saturated carbocycles. The normalized spacial score (nSPS) is 11.5. The molecule has 0 aliphatic heterocycles. The number of hydrogen-bond acceptors (Lipinski definition) is 4. The Labute approximate surface area is 142 Å². The van der Waals surface area contributed by atoms with Crippen molar-refractivity contribution in [2.75, 3.05) is 11.8 Å². The van der Waals surface area contributed by atoms with E-state index in [4.69, 9.17) is 16.3 Å². The largest absolute Gasteiger partial charge is 0.494 e. The summed E-state index contributed by atoms with van der Waals surface area (Å²) in [6, 6.07) is 2.91. The summed E-state index contributed by atoms with van der Waals surface area (Å²) >= 11 is 9.21. The van der Waals surface area contributed by atoms with Crippen molar-refractivity contribution in [3.8, 4) is 5.75 Å². The van der Waals surface area contributed by atoms with Gasteiger partial charge in [-0.25, -0.2) is 8.42 Å². The molecule has 2 rings (SSSR count). The highest BCUT2D eigenvalue weighted by Gasteiger charge is 2.25. The highest BCUT2D eigenvalue weighted by molar-refractivity contribution is 9.10. The fourth-order valence-corrected chi connectivity index (χ4v) is 4.61. The summed E-state index contributed by atoms with van der Waals surface area (Å²) in [5.41, 5.74) is 1.74. The van der Waals surface area contributed by atoms with Crippen LogP contribution in [-0.4, -0.2) is 25.3 Å². The number of benzene rings is 1. The molecule has 0 fully saturated rings. The third kappa shape index (κ3) is 3.09. The lowest BCUT2D eigenvalue weighted by Crippen LogP contribution is -2.15. The van der Waals surface area contributed by atoms with Gasteiger partial charge in [0.15, 0.2) is 5.75 Å². The number of nitrogens with zero attached hydrogens (tertiary/aromatic N) is 2. The third-order valence-electron chi connectivity index (χ3n) is 3.21. The van der Waals surface area contributed by atoms with Crippen LogP contribution in [-0.2, 0) is 17.1 Å². The fraction of sp³-hybridized carbons (Fsp3) is 0.308. The molecule has 0 saturated heterocycles. The minimum atomic E-state index is -3.88. The summed E-state index contributed by atoms with van der Waals surface area (Å²) in [7, 11) is -0.732. The van der Waals surface area contributed by atoms with Gasteiger partial charge >= 0.3 is 0 Å². The monoisotopic (exact) mass is 407 g/mol. The van der Waals surface area contributed by atoms with Gasteiger partial charge in [-0.05, 0) is 41.9 Å². The molecule has 0 aliphatic rings. The average molecular weight is 409 g/mol. The maximum absolute atomic E-state index is 12.7. The topological polar surface area (TPSA) is 73.2 Å². The number of sulfonamides is 1. The van der Waals surface area contributed by atoms with Crippen molar-refractivity contribution in [3.05, 3.63) is 33.0 Å². The number of hydrogen-bond donors (Lipinski definition) is 1. The number of aromatic nitrogens is 2. The molecule has 1 heterocycles. The van der Waals surface area contributed by atoms with Gasteiger partial charge in [-0.2, -0.15) is 5.10 Å². The van der Waals surface area contributed by atoms with Gasteiger partial charge < -0.3 is 4.74 Å². The lowest BCUT2D eigenvalue weighted by atomic mass is 10.3. The van der Waals surface area contributed by atoms with Gasteiger partial charge in [-0.3, -0.25) is 9.40 Å². The Morgan fingerprint density at radius 1 is 1.36 bits per heavy atom. The first-order valence-corrected chi connectivity index (χ1v) is 8.89. The van der Waals surface area contributed by atoms with E-state index >= 15 is 0 Å². The van der Waals surface area contributed by atoms with Crippen molar-refractivity contribution >= 4 is 43.2 Å². The molecule has 0 atom stereocenters. The number of anilines is 1. The van der Waals surface area contributed by atoms with Gasteiger partial charge in [-0.1, -0.05) is 11.6 Å². The van der Waals surface area contributed by atoms with Crippen LogP contribution in [0.4, 0.5) is 5.69 Å². The summed E-state index contributed by atoms with van der Waals surface area (Å²) in [5, 5.41) is 4.47. The SMILES string of the molecule is COc1c(Br)cc(Cl)cc1S(=O)(=O)Nc1c(C)nn(C)c1C. The standard InChI is InChI=1S/C13H15BrClN3O3S/c1-7-12(8(2)18(3)16-7)17-22(19,20)11-6-9(15)5-10(14)13(11)21-4/h5-6,17H,1-4H3. The summed E-state index contributed by atoms with van der Waals surface area (Å²) < 4.78 is 35.2. The molecule has 0 bridgehead atoms. The quantitative estimate of drug-likeness (QED) is 0.843. The highest BCUT2D eigenvalue weighted by Crippen LogP contribution is 2.36. The van der Waals surface area contributed by atoms with Gasteiger partial charge in [0.25, 0.3) is 10.0 Å². The van der Waals surface area contributed by atoms with Gasteiger partial charge in [0.2, 0.25) is 0 Å². The zero-order valence-corrected chi connectivity index (χ0v) is 15.6. The second-order valence-electron chi connectivity index (χ2n) is 4.69. The first kappa shape index (κ1) is 17.1. The van der Waals surface area contributed by atoms with E-state index in [0.29, 0.717) is 21.5 Å². The lowest BCUT2D eigenvalue weighted by molar-refractivity contribution is 0.400. The van der Waals surface area contributed by atoms with E-state index in [9.17, 15) is 8.42 Å². The average Bonchev–Trinajstić information content (AvgIpc) is 2.64. The Morgan fingerprint density at radius 2 is 2.00 bits per heavy atom. The highest BCUT2D eigenvalue weighted by atomic mass is 79.9. The van der Waals surface area contributed by atoms with Gasteiger partial charge in [0, 0.05) is 12.1 Å². The van der Waals surface area contributed by atoms with Crippen molar-refractivity contribution < 1.29 is 13.2 Å². The molecule has 0 radical (unpaired) electrons. The van der Waals surface area contributed by atoms with Crippen molar-refractivity contribution in [1.82, 2.24) is 9.78 Å². The van der Waals surface area contributed by atoms with Crippen LogP contribution in [0, 0.1) is 13.8 Å². The Kier molecular flexibility index (Phi) is 4.74. The molecule has 120 valence electrons. The molecule has 22 heavy (non-hydrogen) atoms. The molecule has 1 aromatic carbocycles. The number of ether oxygens (including phenoxy) is 1. The lowest BCUT2D eigenvalue weighted by Gasteiger charge is -2.13. The van der Waals surface area contributed by atoms with Crippen LogP contribution >= 0.6 is 27.5 Å². The summed E-state index contributed by atoms with van der Waals surface area (Å²) in [6.07, 6.45) is 0. The van der Waals surface area contributed by atoms with E-state index in [1.807, 2.05) is 0 Å². The van der Waals surface area contributed by atoms with E-state index in [1.54, 1.807) is 31.6 Å². The minimum absolute atomic E-state index is 0.0444. The molecule has 0 aliphatic carbocycles. The Balaban J connectivity index is 2.56. The Hall–Kier alpha value is -1.25. The second-order valence-corrected chi connectivity index (χ2v) is 7.64.